The van der Waals surface area contributed by atoms with Crippen LogP contribution in [-0.2, 0) is 14.9 Å². The third-order valence-electron chi connectivity index (χ3n) is 4.16. The molecule has 0 spiro atoms. The zero-order valence-corrected chi connectivity index (χ0v) is 10.7. The van der Waals surface area contributed by atoms with Crippen LogP contribution in [0.4, 0.5) is 0 Å². The summed E-state index contributed by atoms with van der Waals surface area (Å²) in [6.45, 7) is 2.04. The van der Waals surface area contributed by atoms with E-state index in [0.717, 1.165) is 41.4 Å². The van der Waals surface area contributed by atoms with E-state index >= 15 is 0 Å². The second-order valence-electron chi connectivity index (χ2n) is 5.10. The summed E-state index contributed by atoms with van der Waals surface area (Å²) in [7, 11) is 1.48. The fraction of sp³-hybridized carbons (Fsp3) is 0.400. The number of hydrogen-bond acceptors (Lipinski definition) is 2. The number of carbonyl (C=O) groups is 1. The van der Waals surface area contributed by atoms with Crippen LogP contribution in [0.2, 0.25) is 0 Å². The van der Waals surface area contributed by atoms with E-state index in [4.69, 9.17) is 4.74 Å². The first-order valence-electron chi connectivity index (χ1n) is 6.35. The van der Waals surface area contributed by atoms with Gasteiger partial charge in [-0.2, -0.15) is 0 Å². The van der Waals surface area contributed by atoms with Crippen LogP contribution >= 0.6 is 0 Å². The fourth-order valence-electron chi connectivity index (χ4n) is 3.18. The Bertz CT molecular complexity index is 608. The molecule has 94 valence electrons. The maximum atomic E-state index is 12.2. The molecule has 3 nitrogen and oxygen atoms in total. The van der Waals surface area contributed by atoms with Gasteiger partial charge in [0.05, 0.1) is 12.5 Å². The van der Waals surface area contributed by atoms with Gasteiger partial charge in [-0.15, -0.1) is 0 Å². The van der Waals surface area contributed by atoms with E-state index < -0.39 is 5.41 Å². The van der Waals surface area contributed by atoms with Crippen LogP contribution < -0.4 is 0 Å². The predicted molar refractivity (Wildman–Crippen MR) is 70.6 cm³/mol. The lowest BCUT2D eigenvalue weighted by Gasteiger charge is -2.39. The molecule has 3 rings (SSSR count). The summed E-state index contributed by atoms with van der Waals surface area (Å²) in [5, 5.41) is 1.15. The number of carbonyl (C=O) groups excluding carboxylic acids is 1. The second-order valence-corrected chi connectivity index (χ2v) is 5.10. The summed E-state index contributed by atoms with van der Waals surface area (Å²) >= 11 is 0. The molecular formula is C15H17NO2. The van der Waals surface area contributed by atoms with Crippen molar-refractivity contribution in [1.29, 1.82) is 0 Å². The number of H-pyrrole nitrogens is 1. The third kappa shape index (κ3) is 1.33. The van der Waals surface area contributed by atoms with Crippen molar-refractivity contribution in [3.05, 3.63) is 35.5 Å². The molecule has 0 radical (unpaired) electrons. The monoisotopic (exact) mass is 243 g/mol. The molecule has 0 unspecified atom stereocenters. The minimum atomic E-state index is -0.418. The summed E-state index contributed by atoms with van der Waals surface area (Å²) in [4.78, 5) is 15.5. The van der Waals surface area contributed by atoms with Crippen molar-refractivity contribution < 1.29 is 9.53 Å². The predicted octanol–water partition coefficient (Wildman–Crippen LogP) is 3.07. The topological polar surface area (TPSA) is 42.1 Å². The van der Waals surface area contributed by atoms with Gasteiger partial charge in [0.2, 0.25) is 0 Å². The number of hydrogen-bond donors (Lipinski definition) is 1. The summed E-state index contributed by atoms with van der Waals surface area (Å²) in [6, 6.07) is 8.16. The number of benzene rings is 1. The molecule has 0 saturated heterocycles. The van der Waals surface area contributed by atoms with Crippen molar-refractivity contribution in [3.8, 4) is 0 Å². The normalized spacial score (nSPS) is 17.4. The molecule has 0 bridgehead atoms. The Balaban J connectivity index is 2.24. The number of aromatic amines is 1. The average Bonchev–Trinajstić information content (AvgIpc) is 2.65. The van der Waals surface area contributed by atoms with Gasteiger partial charge < -0.3 is 9.72 Å². The minimum absolute atomic E-state index is 0.0957. The van der Waals surface area contributed by atoms with Crippen molar-refractivity contribution >= 4 is 16.9 Å². The molecule has 1 fully saturated rings. The molecule has 0 aliphatic heterocycles. The lowest BCUT2D eigenvalue weighted by molar-refractivity contribution is -0.151. The third-order valence-corrected chi connectivity index (χ3v) is 4.16. The summed E-state index contributed by atoms with van der Waals surface area (Å²) < 4.78 is 5.03. The fourth-order valence-corrected chi connectivity index (χ4v) is 3.18. The van der Waals surface area contributed by atoms with Crippen LogP contribution in [0.25, 0.3) is 10.9 Å². The first-order valence-corrected chi connectivity index (χ1v) is 6.35. The number of esters is 1. The molecule has 1 N–H and O–H groups in total. The minimum Gasteiger partial charge on any atom is -0.468 e. The van der Waals surface area contributed by atoms with Gasteiger partial charge in [-0.3, -0.25) is 4.79 Å². The highest BCUT2D eigenvalue weighted by Gasteiger charge is 2.49. The SMILES string of the molecule is COC(=O)C1(c2c(C)[nH]c3ccccc23)CCC1. The molecule has 1 aliphatic carbocycles. The summed E-state index contributed by atoms with van der Waals surface area (Å²) in [6.07, 6.45) is 2.87. The van der Waals surface area contributed by atoms with Gasteiger partial charge in [0.25, 0.3) is 0 Å². The van der Waals surface area contributed by atoms with Gasteiger partial charge in [-0.05, 0) is 31.4 Å². The molecule has 0 atom stereocenters. The van der Waals surface area contributed by atoms with Crippen LogP contribution in [0.5, 0.6) is 0 Å². The van der Waals surface area contributed by atoms with Gasteiger partial charge in [-0.1, -0.05) is 24.6 Å². The lowest BCUT2D eigenvalue weighted by atomic mass is 9.63. The highest BCUT2D eigenvalue weighted by atomic mass is 16.5. The maximum Gasteiger partial charge on any atom is 0.316 e. The van der Waals surface area contributed by atoms with Crippen LogP contribution in [0.3, 0.4) is 0 Å². The van der Waals surface area contributed by atoms with E-state index in [2.05, 4.69) is 17.1 Å². The standard InChI is InChI=1S/C15H17NO2/c1-10-13(11-6-3-4-7-12(11)16-10)15(8-5-9-15)14(17)18-2/h3-4,6-7,16H,5,8-9H2,1-2H3. The van der Waals surface area contributed by atoms with E-state index in [1.165, 1.54) is 7.11 Å². The highest BCUT2D eigenvalue weighted by molar-refractivity contribution is 5.94. The Kier molecular flexibility index (Phi) is 2.44. The van der Waals surface area contributed by atoms with Crippen molar-refractivity contribution in [2.24, 2.45) is 0 Å². The van der Waals surface area contributed by atoms with Gasteiger partial charge in [-0.25, -0.2) is 0 Å². The highest BCUT2D eigenvalue weighted by Crippen LogP contribution is 2.48. The Labute approximate surface area is 106 Å². The number of methoxy groups -OCH3 is 1. The van der Waals surface area contributed by atoms with Gasteiger partial charge >= 0.3 is 5.97 Å². The Morgan fingerprint density at radius 1 is 1.33 bits per heavy atom. The van der Waals surface area contributed by atoms with Gasteiger partial charge in [0, 0.05) is 16.6 Å². The van der Waals surface area contributed by atoms with Crippen molar-refractivity contribution in [1.82, 2.24) is 4.98 Å². The van der Waals surface area contributed by atoms with Crippen LogP contribution in [-0.4, -0.2) is 18.1 Å². The van der Waals surface area contributed by atoms with Crippen molar-refractivity contribution in [2.75, 3.05) is 7.11 Å². The number of para-hydroxylation sites is 1. The molecule has 1 aliphatic rings. The molecule has 1 heterocycles. The number of nitrogens with one attached hydrogen (secondary N) is 1. The van der Waals surface area contributed by atoms with E-state index in [0.29, 0.717) is 0 Å². The molecule has 1 saturated carbocycles. The average molecular weight is 243 g/mol. The van der Waals surface area contributed by atoms with Crippen LogP contribution in [0.1, 0.15) is 30.5 Å². The number of fused-ring (bicyclic) bond motifs is 1. The Morgan fingerprint density at radius 2 is 2.06 bits per heavy atom. The smallest absolute Gasteiger partial charge is 0.316 e. The Hall–Kier alpha value is -1.77. The summed E-state index contributed by atoms with van der Waals surface area (Å²) in [5.74, 6) is -0.0957. The molecular weight excluding hydrogens is 226 g/mol. The van der Waals surface area contributed by atoms with Gasteiger partial charge in [0.15, 0.2) is 0 Å². The zero-order valence-electron chi connectivity index (χ0n) is 10.7. The van der Waals surface area contributed by atoms with Crippen molar-refractivity contribution in [3.63, 3.8) is 0 Å². The number of aromatic nitrogens is 1. The van der Waals surface area contributed by atoms with E-state index in [1.54, 1.807) is 0 Å². The number of ether oxygens (including phenoxy) is 1. The van der Waals surface area contributed by atoms with Crippen LogP contribution in [0, 0.1) is 6.92 Å². The van der Waals surface area contributed by atoms with E-state index in [1.807, 2.05) is 19.1 Å². The molecule has 2 aromatic rings. The van der Waals surface area contributed by atoms with E-state index in [-0.39, 0.29) is 5.97 Å². The quantitative estimate of drug-likeness (QED) is 0.824. The molecule has 0 amide bonds. The lowest BCUT2D eigenvalue weighted by Crippen LogP contribution is -2.43. The first kappa shape index (κ1) is 11.3. The van der Waals surface area contributed by atoms with Crippen LogP contribution in [0.15, 0.2) is 24.3 Å². The first-order chi connectivity index (χ1) is 8.69. The number of rotatable bonds is 2. The zero-order chi connectivity index (χ0) is 12.8. The van der Waals surface area contributed by atoms with Gasteiger partial charge in [0.1, 0.15) is 0 Å². The maximum absolute atomic E-state index is 12.2. The largest absolute Gasteiger partial charge is 0.468 e. The second kappa shape index (κ2) is 3.87. The van der Waals surface area contributed by atoms with E-state index in [9.17, 15) is 4.79 Å². The molecule has 18 heavy (non-hydrogen) atoms. The molecule has 3 heteroatoms. The summed E-state index contributed by atoms with van der Waals surface area (Å²) in [5.41, 5.74) is 2.90. The molecule has 1 aromatic carbocycles. The number of aryl methyl sites for hydroxylation is 1. The Morgan fingerprint density at radius 3 is 2.67 bits per heavy atom. The van der Waals surface area contributed by atoms with Crippen molar-refractivity contribution in [2.45, 2.75) is 31.6 Å². The molecule has 1 aromatic heterocycles.